The Morgan fingerprint density at radius 3 is 2.38 bits per heavy atom. The zero-order valence-corrected chi connectivity index (χ0v) is 18.9. The normalized spacial score (nSPS) is 24.3. The smallest absolute Gasteiger partial charge is 0.277 e. The molecule has 0 spiro atoms. The lowest BCUT2D eigenvalue weighted by Gasteiger charge is -2.41. The fourth-order valence-corrected chi connectivity index (χ4v) is 4.01. The van der Waals surface area contributed by atoms with Gasteiger partial charge >= 0.3 is 0 Å². The summed E-state index contributed by atoms with van der Waals surface area (Å²) in [4.78, 5) is 17.8. The number of hydroxylamine groups is 2. The van der Waals surface area contributed by atoms with Crippen molar-refractivity contribution in [2.45, 2.75) is 89.7 Å². The van der Waals surface area contributed by atoms with E-state index >= 15 is 0 Å². The molecule has 0 bridgehead atoms. The Kier molecular flexibility index (Phi) is 7.64. The first-order valence-corrected chi connectivity index (χ1v) is 12.1. The van der Waals surface area contributed by atoms with E-state index in [0.717, 1.165) is 12.8 Å². The number of hydrogen-bond donors (Lipinski definition) is 0. The molecule has 1 heterocycles. The average Bonchev–Trinajstić information content (AvgIpc) is 2.84. The Morgan fingerprint density at radius 1 is 1.35 bits per heavy atom. The van der Waals surface area contributed by atoms with Gasteiger partial charge in [-0.3, -0.25) is 9.63 Å². The van der Waals surface area contributed by atoms with E-state index in [0.29, 0.717) is 0 Å². The molecule has 1 aliphatic heterocycles. The van der Waals surface area contributed by atoms with Crippen molar-refractivity contribution < 1.29 is 23.5 Å². The number of ether oxygens (including phenoxy) is 2. The van der Waals surface area contributed by atoms with Crippen LogP contribution in [0.25, 0.3) is 0 Å². The van der Waals surface area contributed by atoms with Crippen molar-refractivity contribution in [2.75, 3.05) is 14.2 Å². The number of amides is 1. The molecule has 0 aliphatic carbocycles. The lowest BCUT2D eigenvalue weighted by atomic mass is 10.0. The molecule has 1 saturated heterocycles. The standard InChI is InChI=1S/C19H37NO5Si/c1-11-12-13-14(25-26(9,10)18(2,3)4)15-16(17(21)20(7)22-8)24-19(5,6)23-15/h11,14-16H,1,12-13H2,2-10H3/t14-,15+,16-/m0/s1. The van der Waals surface area contributed by atoms with Crippen LogP contribution in [0.5, 0.6) is 0 Å². The number of nitrogens with zero attached hydrogens (tertiary/aromatic N) is 1. The summed E-state index contributed by atoms with van der Waals surface area (Å²) in [5, 5.41) is 1.23. The second-order valence-corrected chi connectivity index (χ2v) is 13.6. The van der Waals surface area contributed by atoms with Crippen molar-refractivity contribution in [3.63, 3.8) is 0 Å². The summed E-state index contributed by atoms with van der Waals surface area (Å²) in [5.41, 5.74) is 0. The minimum atomic E-state index is -2.06. The lowest BCUT2D eigenvalue weighted by molar-refractivity contribution is -0.187. The average molecular weight is 388 g/mol. The van der Waals surface area contributed by atoms with E-state index in [4.69, 9.17) is 18.7 Å². The first kappa shape index (κ1) is 23.3. The van der Waals surface area contributed by atoms with Gasteiger partial charge in [-0.1, -0.05) is 26.8 Å². The molecule has 1 aliphatic rings. The SMILES string of the molecule is C=CCC[C@H](O[Si](C)(C)C(C)(C)C)[C@H]1OC(C)(C)O[C@@H]1C(=O)N(C)OC. The van der Waals surface area contributed by atoms with Crippen LogP contribution in [-0.4, -0.2) is 57.5 Å². The van der Waals surface area contributed by atoms with E-state index < -0.39 is 26.3 Å². The van der Waals surface area contributed by atoms with Gasteiger partial charge in [0, 0.05) is 7.05 Å². The van der Waals surface area contributed by atoms with Crippen molar-refractivity contribution in [3.05, 3.63) is 12.7 Å². The highest BCUT2D eigenvalue weighted by atomic mass is 28.4. The van der Waals surface area contributed by atoms with Crippen LogP contribution in [0.2, 0.25) is 18.1 Å². The Bertz CT molecular complexity index is 501. The minimum Gasteiger partial charge on any atom is -0.411 e. The molecule has 1 amide bonds. The number of allylic oxidation sites excluding steroid dienone is 1. The van der Waals surface area contributed by atoms with E-state index in [9.17, 15) is 4.79 Å². The topological polar surface area (TPSA) is 57.2 Å². The van der Waals surface area contributed by atoms with Crippen LogP contribution in [0, 0.1) is 0 Å². The molecule has 0 aromatic carbocycles. The first-order chi connectivity index (χ1) is 11.8. The van der Waals surface area contributed by atoms with E-state index in [1.54, 1.807) is 7.05 Å². The van der Waals surface area contributed by atoms with Crippen molar-refractivity contribution in [3.8, 4) is 0 Å². The maximum atomic E-state index is 12.7. The van der Waals surface area contributed by atoms with Crippen LogP contribution in [0.4, 0.5) is 0 Å². The highest BCUT2D eigenvalue weighted by Gasteiger charge is 2.52. The Hall–Kier alpha value is -0.733. The zero-order valence-electron chi connectivity index (χ0n) is 17.9. The molecule has 0 radical (unpaired) electrons. The van der Waals surface area contributed by atoms with Gasteiger partial charge in [0.25, 0.3) is 5.91 Å². The monoisotopic (exact) mass is 387 g/mol. The third-order valence-corrected chi connectivity index (χ3v) is 9.73. The molecule has 0 N–H and O–H groups in total. The molecular formula is C19H37NO5Si. The third-order valence-electron chi connectivity index (χ3n) is 5.23. The van der Waals surface area contributed by atoms with Crippen molar-refractivity contribution in [2.24, 2.45) is 0 Å². The molecule has 0 saturated carbocycles. The Morgan fingerprint density at radius 2 is 1.92 bits per heavy atom. The fraction of sp³-hybridized carbons (Fsp3) is 0.842. The molecule has 1 fully saturated rings. The summed E-state index contributed by atoms with van der Waals surface area (Å²) >= 11 is 0. The molecule has 6 nitrogen and oxygen atoms in total. The molecule has 26 heavy (non-hydrogen) atoms. The molecule has 0 aromatic rings. The summed E-state index contributed by atoms with van der Waals surface area (Å²) < 4.78 is 18.7. The summed E-state index contributed by atoms with van der Waals surface area (Å²) in [7, 11) is 0.967. The second-order valence-electron chi connectivity index (χ2n) is 8.82. The highest BCUT2D eigenvalue weighted by Crippen LogP contribution is 2.40. The maximum Gasteiger partial charge on any atom is 0.277 e. The second kappa shape index (κ2) is 8.52. The van der Waals surface area contributed by atoms with Crippen molar-refractivity contribution >= 4 is 14.2 Å². The summed E-state index contributed by atoms with van der Waals surface area (Å²) in [6.07, 6.45) is 1.84. The lowest BCUT2D eigenvalue weighted by Crippen LogP contribution is -2.52. The predicted molar refractivity (Wildman–Crippen MR) is 105 cm³/mol. The van der Waals surface area contributed by atoms with Gasteiger partial charge in [0.05, 0.1) is 13.2 Å². The highest BCUT2D eigenvalue weighted by molar-refractivity contribution is 6.74. The third kappa shape index (κ3) is 5.63. The summed E-state index contributed by atoms with van der Waals surface area (Å²) in [5.74, 6) is -1.13. The van der Waals surface area contributed by atoms with Gasteiger partial charge in [0.1, 0.15) is 6.10 Å². The molecule has 0 unspecified atom stereocenters. The van der Waals surface area contributed by atoms with Crippen LogP contribution in [-0.2, 0) is 23.5 Å². The summed E-state index contributed by atoms with van der Waals surface area (Å²) in [6, 6.07) is 0. The number of hydrogen-bond acceptors (Lipinski definition) is 5. The van der Waals surface area contributed by atoms with E-state index in [2.05, 4.69) is 40.4 Å². The van der Waals surface area contributed by atoms with E-state index in [1.165, 1.54) is 12.2 Å². The molecule has 1 rings (SSSR count). The number of carbonyl (C=O) groups excluding carboxylic acids is 1. The Balaban J connectivity index is 3.15. The number of rotatable bonds is 8. The van der Waals surface area contributed by atoms with Crippen LogP contribution in [0.15, 0.2) is 12.7 Å². The minimum absolute atomic E-state index is 0.0528. The molecular weight excluding hydrogens is 350 g/mol. The number of likely N-dealkylation sites (N-methyl/N-ethyl adjacent to an activating group) is 1. The maximum absolute atomic E-state index is 12.7. The van der Waals surface area contributed by atoms with Crippen LogP contribution in [0.3, 0.4) is 0 Å². The first-order valence-electron chi connectivity index (χ1n) is 9.22. The molecule has 152 valence electrons. The summed E-state index contributed by atoms with van der Waals surface area (Å²) in [6.45, 7) is 18.4. The van der Waals surface area contributed by atoms with Crippen LogP contribution in [0.1, 0.15) is 47.5 Å². The van der Waals surface area contributed by atoms with Gasteiger partial charge in [-0.05, 0) is 44.8 Å². The zero-order chi connectivity index (χ0) is 20.3. The van der Waals surface area contributed by atoms with E-state index in [1.807, 2.05) is 19.9 Å². The molecule has 0 aromatic heterocycles. The number of carbonyl (C=O) groups is 1. The van der Waals surface area contributed by atoms with Crippen LogP contribution >= 0.6 is 0 Å². The van der Waals surface area contributed by atoms with Gasteiger partial charge in [-0.15, -0.1) is 6.58 Å². The predicted octanol–water partition coefficient (Wildman–Crippen LogP) is 3.88. The van der Waals surface area contributed by atoms with E-state index in [-0.39, 0.29) is 17.0 Å². The fourth-order valence-electron chi connectivity index (χ4n) is 2.65. The Labute approximate surface area is 159 Å². The van der Waals surface area contributed by atoms with Crippen molar-refractivity contribution in [1.29, 1.82) is 0 Å². The van der Waals surface area contributed by atoms with Gasteiger partial charge in [-0.2, -0.15) is 0 Å². The van der Waals surface area contributed by atoms with Gasteiger partial charge in [-0.25, -0.2) is 5.06 Å². The van der Waals surface area contributed by atoms with Gasteiger partial charge in [0.2, 0.25) is 0 Å². The molecule has 7 heteroatoms. The van der Waals surface area contributed by atoms with Crippen LogP contribution < -0.4 is 0 Å². The van der Waals surface area contributed by atoms with Gasteiger partial charge in [0.15, 0.2) is 20.2 Å². The quantitative estimate of drug-likeness (QED) is 0.359. The van der Waals surface area contributed by atoms with Gasteiger partial charge < -0.3 is 13.9 Å². The largest absolute Gasteiger partial charge is 0.411 e. The van der Waals surface area contributed by atoms with Crippen molar-refractivity contribution in [1.82, 2.24) is 5.06 Å². The molecule has 3 atom stereocenters.